The van der Waals surface area contributed by atoms with Gasteiger partial charge in [0.25, 0.3) is 0 Å². The molecule has 0 aliphatic carbocycles. The molecule has 0 amide bonds. The van der Waals surface area contributed by atoms with Crippen LogP contribution in [-0.4, -0.2) is 63.7 Å². The van der Waals surface area contributed by atoms with Crippen molar-refractivity contribution in [3.05, 3.63) is 0 Å². The van der Waals surface area contributed by atoms with Gasteiger partial charge in [-0.05, 0) is 0 Å². The van der Waals surface area contributed by atoms with Gasteiger partial charge in [-0.3, -0.25) is 0 Å². The average molecular weight is 178 g/mol. The Morgan fingerprint density at radius 2 is 0.667 bits per heavy atom. The van der Waals surface area contributed by atoms with Crippen LogP contribution < -0.4 is 0 Å². The van der Waals surface area contributed by atoms with E-state index in [0.29, 0.717) is 0 Å². The molecule has 0 bridgehead atoms. The van der Waals surface area contributed by atoms with Crippen molar-refractivity contribution >= 4 is 51.4 Å². The summed E-state index contributed by atoms with van der Waals surface area (Å²) in [6.07, 6.45) is -12.1. The van der Waals surface area contributed by atoms with E-state index < -0.39 is 12.4 Å². The van der Waals surface area contributed by atoms with Crippen molar-refractivity contribution in [3.63, 3.8) is 0 Å². The zero-order chi connectivity index (χ0) is 7.00. The molecular formula is C2HF6K. The maximum absolute atomic E-state index is 10.4. The Labute approximate surface area is 89.0 Å². The van der Waals surface area contributed by atoms with Crippen LogP contribution in [0.25, 0.3) is 0 Å². The van der Waals surface area contributed by atoms with Gasteiger partial charge in [0.1, 0.15) is 0 Å². The van der Waals surface area contributed by atoms with Gasteiger partial charge in [0, 0.05) is 0 Å². The molecular weight excluding hydrogens is 177 g/mol. The van der Waals surface area contributed by atoms with E-state index in [-0.39, 0.29) is 51.4 Å². The standard InChI is InChI=1S/C2F6.K.H/c3-1(4,5)2(6,7)8;;. The summed E-state index contributed by atoms with van der Waals surface area (Å²) >= 11 is 0. The quantitative estimate of drug-likeness (QED) is 0.389. The molecule has 0 spiro atoms. The minimum atomic E-state index is -6.06. The van der Waals surface area contributed by atoms with Gasteiger partial charge in [-0.2, -0.15) is 26.3 Å². The van der Waals surface area contributed by atoms with Crippen LogP contribution >= 0.6 is 0 Å². The fourth-order valence-corrected chi connectivity index (χ4v) is 0. The normalized spacial score (nSPS) is 12.7. The molecule has 0 saturated heterocycles. The molecule has 9 heavy (non-hydrogen) atoms. The summed E-state index contributed by atoms with van der Waals surface area (Å²) in [6.45, 7) is 0. The van der Waals surface area contributed by atoms with Crippen molar-refractivity contribution in [1.29, 1.82) is 0 Å². The Bertz CT molecular complexity index is 66.0. The zero-order valence-corrected chi connectivity index (χ0v) is 3.27. The summed E-state index contributed by atoms with van der Waals surface area (Å²) < 4.78 is 62.6. The van der Waals surface area contributed by atoms with Crippen LogP contribution in [0.4, 0.5) is 26.3 Å². The molecule has 0 unspecified atom stereocenters. The van der Waals surface area contributed by atoms with Crippen LogP contribution in [0.5, 0.6) is 0 Å². The van der Waals surface area contributed by atoms with E-state index in [1.54, 1.807) is 0 Å². The van der Waals surface area contributed by atoms with Gasteiger partial charge in [0.05, 0.1) is 0 Å². The second kappa shape index (κ2) is 3.56. The second-order valence-corrected chi connectivity index (χ2v) is 0.996. The van der Waals surface area contributed by atoms with Crippen molar-refractivity contribution in [3.8, 4) is 0 Å². The first-order chi connectivity index (χ1) is 3.25. The third-order valence-electron chi connectivity index (χ3n) is 0.321. The predicted octanol–water partition coefficient (Wildman–Crippen LogP) is 1.46. The molecule has 0 saturated carbocycles. The molecule has 0 atom stereocenters. The van der Waals surface area contributed by atoms with Crippen molar-refractivity contribution < 1.29 is 26.3 Å². The molecule has 0 aliphatic heterocycles. The van der Waals surface area contributed by atoms with Gasteiger partial charge in [0.2, 0.25) is 0 Å². The maximum atomic E-state index is 10.4. The molecule has 52 valence electrons. The monoisotopic (exact) mass is 178 g/mol. The predicted molar refractivity (Wildman–Crippen MR) is 19.3 cm³/mol. The third kappa shape index (κ3) is 4.60. The zero-order valence-electron chi connectivity index (χ0n) is 3.27. The molecule has 0 rings (SSSR count). The van der Waals surface area contributed by atoms with E-state index in [2.05, 4.69) is 0 Å². The fraction of sp³-hybridized carbons (Fsp3) is 1.00. The second-order valence-electron chi connectivity index (χ2n) is 0.996. The van der Waals surface area contributed by atoms with Crippen LogP contribution in [0.2, 0.25) is 0 Å². The van der Waals surface area contributed by atoms with Gasteiger partial charge in [-0.25, -0.2) is 0 Å². The van der Waals surface area contributed by atoms with Crippen LogP contribution in [0.1, 0.15) is 0 Å². The van der Waals surface area contributed by atoms with E-state index in [1.807, 2.05) is 0 Å². The molecule has 0 fully saturated rings. The topological polar surface area (TPSA) is 0 Å². The first kappa shape index (κ1) is 12.9. The van der Waals surface area contributed by atoms with Crippen LogP contribution in [0, 0.1) is 0 Å². The minimum absolute atomic E-state index is 0. The van der Waals surface area contributed by atoms with Crippen molar-refractivity contribution in [2.75, 3.05) is 0 Å². The summed E-state index contributed by atoms with van der Waals surface area (Å²) in [5.74, 6) is 0. The van der Waals surface area contributed by atoms with E-state index in [9.17, 15) is 26.3 Å². The van der Waals surface area contributed by atoms with Gasteiger partial charge in [0.15, 0.2) is 0 Å². The number of rotatable bonds is 0. The Hall–Kier alpha value is 1.22. The Kier molecular flexibility index (Phi) is 5.09. The number of alkyl halides is 6. The molecule has 0 aromatic heterocycles. The number of halogens is 6. The molecule has 0 heterocycles. The Morgan fingerprint density at radius 1 is 0.556 bits per heavy atom. The molecule has 0 nitrogen and oxygen atoms in total. The molecule has 0 aliphatic rings. The summed E-state index contributed by atoms with van der Waals surface area (Å²) in [6, 6.07) is 0. The van der Waals surface area contributed by atoms with Crippen molar-refractivity contribution in [1.82, 2.24) is 0 Å². The van der Waals surface area contributed by atoms with Gasteiger partial charge >= 0.3 is 63.7 Å². The Morgan fingerprint density at radius 3 is 0.667 bits per heavy atom. The Balaban J connectivity index is 0. The van der Waals surface area contributed by atoms with E-state index >= 15 is 0 Å². The summed E-state index contributed by atoms with van der Waals surface area (Å²) in [7, 11) is 0. The summed E-state index contributed by atoms with van der Waals surface area (Å²) in [4.78, 5) is 0. The number of hydrogen-bond acceptors (Lipinski definition) is 0. The first-order valence-corrected chi connectivity index (χ1v) is 1.38. The van der Waals surface area contributed by atoms with Crippen LogP contribution in [0.15, 0.2) is 0 Å². The molecule has 0 radical (unpaired) electrons. The average Bonchev–Trinajstić information content (AvgIpc) is 1.25. The van der Waals surface area contributed by atoms with E-state index in [4.69, 9.17) is 0 Å². The van der Waals surface area contributed by atoms with Crippen molar-refractivity contribution in [2.24, 2.45) is 0 Å². The SMILES string of the molecule is FC(F)(F)C(F)(F)F.[KH]. The van der Waals surface area contributed by atoms with Crippen LogP contribution in [0.3, 0.4) is 0 Å². The molecule has 7 heteroatoms. The number of hydrogen-bond donors (Lipinski definition) is 0. The molecule has 0 aromatic carbocycles. The van der Waals surface area contributed by atoms with E-state index in [0.717, 1.165) is 0 Å². The van der Waals surface area contributed by atoms with Gasteiger partial charge < -0.3 is 0 Å². The van der Waals surface area contributed by atoms with Gasteiger partial charge in [-0.1, -0.05) is 0 Å². The molecule has 0 aromatic rings. The molecule has 0 N–H and O–H groups in total. The first-order valence-electron chi connectivity index (χ1n) is 1.38. The summed E-state index contributed by atoms with van der Waals surface area (Å²) in [5.41, 5.74) is 0. The van der Waals surface area contributed by atoms with Crippen LogP contribution in [-0.2, 0) is 0 Å². The fourth-order valence-electron chi connectivity index (χ4n) is 0. The van der Waals surface area contributed by atoms with Gasteiger partial charge in [-0.15, -0.1) is 0 Å². The van der Waals surface area contributed by atoms with Crippen molar-refractivity contribution in [2.45, 2.75) is 12.4 Å². The third-order valence-corrected chi connectivity index (χ3v) is 0.321. The van der Waals surface area contributed by atoms with E-state index in [1.165, 1.54) is 0 Å². The summed E-state index contributed by atoms with van der Waals surface area (Å²) in [5, 5.41) is 0.